The SMILES string of the molecule is Nc1ccc(NC(=O)/C=C/c2cccs2)cc1Cl. The molecule has 2 aromatic rings. The lowest BCUT2D eigenvalue weighted by atomic mass is 10.3. The van der Waals surface area contributed by atoms with E-state index in [-0.39, 0.29) is 5.91 Å². The topological polar surface area (TPSA) is 55.1 Å². The van der Waals surface area contributed by atoms with Crippen LogP contribution in [0.1, 0.15) is 4.88 Å². The smallest absolute Gasteiger partial charge is 0.248 e. The van der Waals surface area contributed by atoms with Crippen LogP contribution in [0.15, 0.2) is 41.8 Å². The highest BCUT2D eigenvalue weighted by molar-refractivity contribution is 7.10. The molecule has 5 heteroatoms. The summed E-state index contributed by atoms with van der Waals surface area (Å²) in [6, 6.07) is 8.85. The van der Waals surface area contributed by atoms with E-state index in [1.54, 1.807) is 35.6 Å². The number of nitrogen functional groups attached to an aromatic ring is 1. The van der Waals surface area contributed by atoms with Crippen molar-refractivity contribution in [1.82, 2.24) is 0 Å². The highest BCUT2D eigenvalue weighted by Gasteiger charge is 2.01. The van der Waals surface area contributed by atoms with Crippen molar-refractivity contribution in [1.29, 1.82) is 0 Å². The maximum Gasteiger partial charge on any atom is 0.248 e. The van der Waals surface area contributed by atoms with Crippen molar-refractivity contribution in [3.63, 3.8) is 0 Å². The molecule has 0 saturated carbocycles. The Balaban J connectivity index is 2.01. The maximum atomic E-state index is 11.6. The Bertz CT molecular complexity index is 579. The second-order valence-corrected chi connectivity index (χ2v) is 4.96. The molecular formula is C13H11ClN2OS. The molecule has 0 radical (unpaired) electrons. The minimum absolute atomic E-state index is 0.204. The van der Waals surface area contributed by atoms with E-state index < -0.39 is 0 Å². The van der Waals surface area contributed by atoms with Gasteiger partial charge in [-0.1, -0.05) is 17.7 Å². The first kappa shape index (κ1) is 12.7. The van der Waals surface area contributed by atoms with E-state index in [4.69, 9.17) is 17.3 Å². The largest absolute Gasteiger partial charge is 0.398 e. The number of carbonyl (C=O) groups is 1. The lowest BCUT2D eigenvalue weighted by Gasteiger charge is -2.04. The lowest BCUT2D eigenvalue weighted by Crippen LogP contribution is -2.07. The van der Waals surface area contributed by atoms with Gasteiger partial charge in [-0.3, -0.25) is 4.79 Å². The van der Waals surface area contributed by atoms with Gasteiger partial charge in [-0.25, -0.2) is 0 Å². The molecule has 0 atom stereocenters. The van der Waals surface area contributed by atoms with Crippen LogP contribution in [-0.4, -0.2) is 5.91 Å². The molecule has 3 N–H and O–H groups in total. The summed E-state index contributed by atoms with van der Waals surface area (Å²) in [5.41, 5.74) is 6.70. The number of anilines is 2. The second-order valence-electron chi connectivity index (χ2n) is 3.57. The molecule has 0 aliphatic carbocycles. The number of rotatable bonds is 3. The molecule has 0 fully saturated rings. The molecule has 0 unspecified atom stereocenters. The first-order valence-corrected chi connectivity index (χ1v) is 6.48. The van der Waals surface area contributed by atoms with Crippen molar-refractivity contribution < 1.29 is 4.79 Å². The van der Waals surface area contributed by atoms with Crippen molar-refractivity contribution in [3.8, 4) is 0 Å². The van der Waals surface area contributed by atoms with Gasteiger partial charge < -0.3 is 11.1 Å². The number of amides is 1. The third-order valence-corrected chi connectivity index (χ3v) is 3.38. The number of nitrogens with two attached hydrogens (primary N) is 1. The summed E-state index contributed by atoms with van der Waals surface area (Å²) < 4.78 is 0. The Morgan fingerprint density at radius 3 is 2.89 bits per heavy atom. The third kappa shape index (κ3) is 3.35. The summed E-state index contributed by atoms with van der Waals surface area (Å²) in [6.45, 7) is 0. The molecule has 0 saturated heterocycles. The molecule has 3 nitrogen and oxygen atoms in total. The quantitative estimate of drug-likeness (QED) is 0.665. The van der Waals surface area contributed by atoms with Gasteiger partial charge in [-0.05, 0) is 35.7 Å². The van der Waals surface area contributed by atoms with Gasteiger partial charge in [-0.15, -0.1) is 11.3 Å². The van der Waals surface area contributed by atoms with Crippen LogP contribution in [0.5, 0.6) is 0 Å². The molecule has 1 aromatic carbocycles. The van der Waals surface area contributed by atoms with Gasteiger partial charge in [0, 0.05) is 16.6 Å². The summed E-state index contributed by atoms with van der Waals surface area (Å²) >= 11 is 7.43. The number of hydrogen-bond donors (Lipinski definition) is 2. The monoisotopic (exact) mass is 278 g/mol. The Kier molecular flexibility index (Phi) is 4.02. The number of carbonyl (C=O) groups excluding carboxylic acids is 1. The van der Waals surface area contributed by atoms with E-state index in [2.05, 4.69) is 5.32 Å². The fourth-order valence-electron chi connectivity index (χ4n) is 1.33. The minimum Gasteiger partial charge on any atom is -0.398 e. The normalized spacial score (nSPS) is 10.7. The molecule has 1 amide bonds. The molecule has 18 heavy (non-hydrogen) atoms. The van der Waals surface area contributed by atoms with Gasteiger partial charge in [0.25, 0.3) is 0 Å². The van der Waals surface area contributed by atoms with Crippen molar-refractivity contribution >= 4 is 46.3 Å². The third-order valence-electron chi connectivity index (χ3n) is 2.21. The summed E-state index contributed by atoms with van der Waals surface area (Å²) in [5.74, 6) is -0.204. The average Bonchev–Trinajstić information content (AvgIpc) is 2.84. The summed E-state index contributed by atoms with van der Waals surface area (Å²) in [5, 5.41) is 5.09. The number of benzene rings is 1. The highest BCUT2D eigenvalue weighted by Crippen LogP contribution is 2.22. The van der Waals surface area contributed by atoms with E-state index in [0.717, 1.165) is 4.88 Å². The summed E-state index contributed by atoms with van der Waals surface area (Å²) in [7, 11) is 0. The van der Waals surface area contributed by atoms with E-state index >= 15 is 0 Å². The first-order chi connectivity index (χ1) is 8.65. The van der Waals surface area contributed by atoms with Gasteiger partial charge in [0.15, 0.2) is 0 Å². The van der Waals surface area contributed by atoms with Gasteiger partial charge in [0.1, 0.15) is 0 Å². The Morgan fingerprint density at radius 2 is 2.22 bits per heavy atom. The Morgan fingerprint density at radius 1 is 1.39 bits per heavy atom. The molecule has 0 aliphatic heterocycles. The first-order valence-electron chi connectivity index (χ1n) is 5.23. The minimum atomic E-state index is -0.204. The predicted octanol–water partition coefficient (Wildman–Crippen LogP) is 3.64. The number of thiophene rings is 1. The van der Waals surface area contributed by atoms with Gasteiger partial charge in [0.05, 0.1) is 10.7 Å². The predicted molar refractivity (Wildman–Crippen MR) is 77.8 cm³/mol. The molecular weight excluding hydrogens is 268 g/mol. The maximum absolute atomic E-state index is 11.6. The Labute approximate surface area is 114 Å². The van der Waals surface area contributed by atoms with Gasteiger partial charge in [0.2, 0.25) is 5.91 Å². The standard InChI is InChI=1S/C13H11ClN2OS/c14-11-8-9(3-5-12(11)15)16-13(17)6-4-10-2-1-7-18-10/h1-8H,15H2,(H,16,17)/b6-4+. The van der Waals surface area contributed by atoms with Crippen LogP contribution in [0.4, 0.5) is 11.4 Å². The number of halogens is 1. The molecule has 0 aliphatic rings. The van der Waals surface area contributed by atoms with Crippen LogP contribution in [0.3, 0.4) is 0 Å². The molecule has 0 bridgehead atoms. The van der Waals surface area contributed by atoms with Crippen LogP contribution in [0, 0.1) is 0 Å². The fraction of sp³-hybridized carbons (Fsp3) is 0. The van der Waals surface area contributed by atoms with Gasteiger partial charge in [-0.2, -0.15) is 0 Å². The van der Waals surface area contributed by atoms with E-state index in [0.29, 0.717) is 16.4 Å². The van der Waals surface area contributed by atoms with Crippen molar-refractivity contribution in [2.45, 2.75) is 0 Å². The Hall–Kier alpha value is -1.78. The van der Waals surface area contributed by atoms with E-state index in [1.807, 2.05) is 17.5 Å². The van der Waals surface area contributed by atoms with Crippen LogP contribution in [-0.2, 0) is 4.79 Å². The fourth-order valence-corrected chi connectivity index (χ4v) is 2.13. The summed E-state index contributed by atoms with van der Waals surface area (Å²) in [4.78, 5) is 12.7. The van der Waals surface area contributed by atoms with Crippen LogP contribution in [0.25, 0.3) is 6.08 Å². The van der Waals surface area contributed by atoms with Crippen molar-refractivity contribution in [2.24, 2.45) is 0 Å². The van der Waals surface area contributed by atoms with Crippen LogP contribution >= 0.6 is 22.9 Å². The zero-order chi connectivity index (χ0) is 13.0. The molecule has 2 rings (SSSR count). The van der Waals surface area contributed by atoms with Crippen LogP contribution in [0.2, 0.25) is 5.02 Å². The molecule has 1 heterocycles. The zero-order valence-electron chi connectivity index (χ0n) is 9.39. The summed E-state index contributed by atoms with van der Waals surface area (Å²) in [6.07, 6.45) is 3.25. The zero-order valence-corrected chi connectivity index (χ0v) is 11.0. The van der Waals surface area contributed by atoms with Gasteiger partial charge >= 0.3 is 0 Å². The molecule has 1 aromatic heterocycles. The van der Waals surface area contributed by atoms with Crippen LogP contribution < -0.4 is 11.1 Å². The van der Waals surface area contributed by atoms with E-state index in [9.17, 15) is 4.79 Å². The number of nitrogens with one attached hydrogen (secondary N) is 1. The highest BCUT2D eigenvalue weighted by atomic mass is 35.5. The average molecular weight is 279 g/mol. The number of hydrogen-bond acceptors (Lipinski definition) is 3. The van der Waals surface area contributed by atoms with Crippen molar-refractivity contribution in [3.05, 3.63) is 51.7 Å². The second kappa shape index (κ2) is 5.71. The van der Waals surface area contributed by atoms with Crippen molar-refractivity contribution in [2.75, 3.05) is 11.1 Å². The van der Waals surface area contributed by atoms with E-state index in [1.165, 1.54) is 6.08 Å². The molecule has 92 valence electrons. The lowest BCUT2D eigenvalue weighted by molar-refractivity contribution is -0.111. The molecule has 0 spiro atoms.